The lowest BCUT2D eigenvalue weighted by Crippen LogP contribution is -2.57. The molecule has 1 aromatic rings. The number of likely N-dealkylation sites (N-methyl/N-ethyl adjacent to an activating group) is 2. The Morgan fingerprint density at radius 1 is 0.935 bits per heavy atom. The highest BCUT2D eigenvalue weighted by molar-refractivity contribution is 5.97. The van der Waals surface area contributed by atoms with Gasteiger partial charge in [-0.1, -0.05) is 80.4 Å². The zero-order valence-corrected chi connectivity index (χ0v) is 46.7. The van der Waals surface area contributed by atoms with Crippen molar-refractivity contribution in [1.29, 1.82) is 0 Å². The van der Waals surface area contributed by atoms with E-state index in [1.807, 2.05) is 13.8 Å². The Balaban J connectivity index is 2.30. The molecule has 1 saturated heterocycles. The molecule has 0 aromatic heterocycles. The molecule has 3 unspecified atom stereocenters. The highest BCUT2D eigenvalue weighted by Crippen LogP contribution is 2.28. The van der Waals surface area contributed by atoms with E-state index in [2.05, 4.69) is 45.9 Å². The van der Waals surface area contributed by atoms with Crippen molar-refractivity contribution in [2.75, 3.05) is 73.4 Å². The van der Waals surface area contributed by atoms with E-state index >= 15 is 0 Å². The van der Waals surface area contributed by atoms with Crippen molar-refractivity contribution in [3.8, 4) is 0 Å². The Hall–Kier alpha value is -6.55. The fourth-order valence-corrected chi connectivity index (χ4v) is 8.68. The number of nitrogens with zero attached hydrogens (tertiary/aromatic N) is 6. The molecule has 23 nitrogen and oxygen atoms in total. The number of carbonyl (C=O) groups is 8. The second-order valence-electron chi connectivity index (χ2n) is 19.9. The molecule has 2 rings (SSSR count). The highest BCUT2D eigenvalue weighted by atomic mass is 16.6. The summed E-state index contributed by atoms with van der Waals surface area (Å²) in [5.41, 5.74) is 10.5. The van der Waals surface area contributed by atoms with Gasteiger partial charge in [-0.05, 0) is 89.7 Å². The van der Waals surface area contributed by atoms with Gasteiger partial charge in [0.05, 0.1) is 39.6 Å². The molecule has 23 heteroatoms. The first kappa shape index (κ1) is 66.6. The van der Waals surface area contributed by atoms with Crippen LogP contribution in [0.4, 0.5) is 4.79 Å². The van der Waals surface area contributed by atoms with Gasteiger partial charge in [-0.3, -0.25) is 28.8 Å². The van der Waals surface area contributed by atoms with Gasteiger partial charge in [0.15, 0.2) is 6.10 Å². The van der Waals surface area contributed by atoms with Crippen molar-refractivity contribution < 1.29 is 67.5 Å². The molecule has 0 bridgehead atoms. The fraction of sp³-hybridized carbons (Fsp3) is 0.667. The molecule has 1 fully saturated rings. The standard InChI is InChI=1S/C54H85N9O14/c1-11-35(3)28-36(4)18-16-21-43(30-42(32-56-54(72)73)34-76-27-26-75-25-24-74-23-17-22-57-60-55)53(71)77-45-29-38(6)63(51(45)68)40(8)49(66)62(10)44(31-41-19-14-13-15-20-41)50(67)61(9)33-46(64)59-47(37(5)12-2)48(65)58-39(7)52(69)70/h11,13-15,19-21,36-40,42,44-45,47,56H,12,16-18,22-34H2,1-10H3,(H,58,65)(H,59,64)(H,69,70)(H,72,73)/b35-11+,43-21+/t36-,37?,38?,39+,40-,42?,44+,45+,47-/m0/s1. The van der Waals surface area contributed by atoms with Crippen molar-refractivity contribution in [2.45, 2.75) is 143 Å². The number of allylic oxidation sites excluding steroid dienone is 3. The topological polar surface area (TPSA) is 309 Å². The van der Waals surface area contributed by atoms with Crippen LogP contribution in [-0.2, 0) is 58.9 Å². The predicted molar refractivity (Wildman–Crippen MR) is 287 cm³/mol. The Morgan fingerprint density at radius 2 is 1.58 bits per heavy atom. The Bertz CT molecular complexity index is 2190. The van der Waals surface area contributed by atoms with E-state index in [9.17, 15) is 48.6 Å². The van der Waals surface area contributed by atoms with Gasteiger partial charge in [-0.2, -0.15) is 0 Å². The van der Waals surface area contributed by atoms with Crippen LogP contribution in [0, 0.1) is 17.8 Å². The lowest BCUT2D eigenvalue weighted by atomic mass is 9.94. The second-order valence-corrected chi connectivity index (χ2v) is 19.9. The Morgan fingerprint density at radius 3 is 2.19 bits per heavy atom. The first-order valence-corrected chi connectivity index (χ1v) is 26.5. The number of nitrogens with one attached hydrogen (secondary N) is 3. The Kier molecular flexibility index (Phi) is 30.9. The first-order chi connectivity index (χ1) is 36.6. The summed E-state index contributed by atoms with van der Waals surface area (Å²) in [4.78, 5) is 113. The SMILES string of the molecule is C/C=C(\C)C[C@@H](C)CC/C=C(\CC(CNC(=O)O)COCCOCCOCCCN=[N+]=[N-])C(=O)O[C@@H]1CC(C)N([C@@H](C)C(=O)N(C)[C@H](Cc2ccccc2)C(=O)N(C)CC(=O)N[C@H](C(=O)N[C@H](C)C(=O)O)C(C)CC)C1=O. The van der Waals surface area contributed by atoms with Crippen LogP contribution in [0.25, 0.3) is 10.4 Å². The third kappa shape index (κ3) is 24.1. The van der Waals surface area contributed by atoms with E-state index < -0.39 is 96.3 Å². The number of amides is 6. The number of carbonyl (C=O) groups excluding carboxylic acids is 6. The number of hydrogen-bond acceptors (Lipinski definition) is 13. The fourth-order valence-electron chi connectivity index (χ4n) is 8.68. The molecule has 9 atom stereocenters. The molecule has 1 aromatic carbocycles. The summed E-state index contributed by atoms with van der Waals surface area (Å²) in [5, 5.41) is 29.7. The average molecular weight is 1080 g/mol. The number of rotatable bonds is 37. The molecule has 1 heterocycles. The monoisotopic (exact) mass is 1080 g/mol. The second kappa shape index (κ2) is 35.7. The largest absolute Gasteiger partial charge is 0.480 e. The van der Waals surface area contributed by atoms with Crippen molar-refractivity contribution in [3.05, 3.63) is 69.6 Å². The quantitative estimate of drug-likeness (QED) is 0.0108. The maximum absolute atomic E-state index is 14.5. The predicted octanol–water partition coefficient (Wildman–Crippen LogP) is 5.28. The van der Waals surface area contributed by atoms with Crippen LogP contribution in [0.2, 0.25) is 0 Å². The molecule has 1 aliphatic rings. The summed E-state index contributed by atoms with van der Waals surface area (Å²) in [6.07, 6.45) is 4.59. The minimum Gasteiger partial charge on any atom is -0.480 e. The van der Waals surface area contributed by atoms with Gasteiger partial charge in [0.2, 0.25) is 23.6 Å². The summed E-state index contributed by atoms with van der Waals surface area (Å²) in [7, 11) is 2.83. The molecular formula is C54H85N9O14. The van der Waals surface area contributed by atoms with E-state index in [0.29, 0.717) is 51.2 Å². The van der Waals surface area contributed by atoms with Crippen molar-refractivity contribution >= 4 is 47.6 Å². The number of carboxylic acid groups (broad SMARTS) is 2. The minimum atomic E-state index is -1.27. The zero-order chi connectivity index (χ0) is 57.6. The number of carboxylic acids is 1. The van der Waals surface area contributed by atoms with Gasteiger partial charge in [0.25, 0.3) is 5.91 Å². The summed E-state index contributed by atoms with van der Waals surface area (Å²) >= 11 is 0. The van der Waals surface area contributed by atoms with Crippen LogP contribution in [0.1, 0.15) is 106 Å². The van der Waals surface area contributed by atoms with Crippen LogP contribution in [0.5, 0.6) is 0 Å². The summed E-state index contributed by atoms with van der Waals surface area (Å²) in [6.45, 7) is 15.5. The summed E-state index contributed by atoms with van der Waals surface area (Å²) in [6, 6.07) is 3.74. The highest BCUT2D eigenvalue weighted by Gasteiger charge is 2.46. The molecule has 0 spiro atoms. The number of hydrogen-bond donors (Lipinski definition) is 5. The van der Waals surface area contributed by atoms with Crippen LogP contribution >= 0.6 is 0 Å². The normalized spacial score (nSPS) is 17.4. The van der Waals surface area contributed by atoms with Gasteiger partial charge in [0, 0.05) is 69.1 Å². The van der Waals surface area contributed by atoms with Gasteiger partial charge in [0.1, 0.15) is 24.2 Å². The van der Waals surface area contributed by atoms with Crippen LogP contribution in [-0.4, -0.2) is 182 Å². The zero-order valence-electron chi connectivity index (χ0n) is 46.7. The van der Waals surface area contributed by atoms with Gasteiger partial charge >= 0.3 is 18.0 Å². The van der Waals surface area contributed by atoms with Crippen molar-refractivity contribution in [3.63, 3.8) is 0 Å². The number of benzene rings is 1. The third-order valence-electron chi connectivity index (χ3n) is 13.5. The van der Waals surface area contributed by atoms with Gasteiger partial charge < -0.3 is 59.8 Å². The maximum Gasteiger partial charge on any atom is 0.404 e. The molecule has 0 radical (unpaired) electrons. The van der Waals surface area contributed by atoms with E-state index in [1.54, 1.807) is 50.3 Å². The number of aliphatic carboxylic acids is 1. The number of azide groups is 1. The molecular weight excluding hydrogens is 999 g/mol. The molecule has 0 aliphatic carbocycles. The number of likely N-dealkylation sites (tertiary alicyclic amines) is 1. The number of ether oxygens (including phenoxy) is 4. The Labute approximate surface area is 453 Å². The van der Waals surface area contributed by atoms with E-state index in [0.717, 1.165) is 17.7 Å². The third-order valence-corrected chi connectivity index (χ3v) is 13.5. The first-order valence-electron chi connectivity index (χ1n) is 26.5. The summed E-state index contributed by atoms with van der Waals surface area (Å²) < 4.78 is 22.9. The van der Waals surface area contributed by atoms with Gasteiger partial charge in [-0.15, -0.1) is 0 Å². The lowest BCUT2D eigenvalue weighted by Gasteiger charge is -2.36. The summed E-state index contributed by atoms with van der Waals surface area (Å²) in [5.74, 6) is -5.83. The molecule has 0 saturated carbocycles. The molecule has 5 N–H and O–H groups in total. The molecule has 77 heavy (non-hydrogen) atoms. The van der Waals surface area contributed by atoms with E-state index in [1.165, 1.54) is 43.3 Å². The molecule has 6 amide bonds. The number of esters is 1. The van der Waals surface area contributed by atoms with Crippen LogP contribution < -0.4 is 16.0 Å². The van der Waals surface area contributed by atoms with Gasteiger partial charge in [-0.25, -0.2) is 9.59 Å². The van der Waals surface area contributed by atoms with Crippen molar-refractivity contribution in [2.24, 2.45) is 22.9 Å². The van der Waals surface area contributed by atoms with E-state index in [4.69, 9.17) is 24.5 Å². The lowest BCUT2D eigenvalue weighted by molar-refractivity contribution is -0.156. The average Bonchev–Trinajstić information content (AvgIpc) is 3.67. The maximum atomic E-state index is 14.5. The minimum absolute atomic E-state index is 0.0401. The van der Waals surface area contributed by atoms with E-state index in [-0.39, 0.29) is 63.0 Å². The molecule has 1 aliphatic heterocycles. The molecule has 430 valence electrons. The van der Waals surface area contributed by atoms with Crippen LogP contribution in [0.3, 0.4) is 0 Å². The van der Waals surface area contributed by atoms with Crippen LogP contribution in [0.15, 0.2) is 58.7 Å². The van der Waals surface area contributed by atoms with Crippen molar-refractivity contribution in [1.82, 2.24) is 30.7 Å². The smallest absolute Gasteiger partial charge is 0.404 e.